The van der Waals surface area contributed by atoms with Gasteiger partial charge in [0.05, 0.1) is 18.7 Å². The molecule has 5 rings (SSSR count). The highest BCUT2D eigenvalue weighted by atomic mass is 28.4. The SMILES string of the molecule is CC(C)(C)[Si](C)(C)OC/C=C/C#Cc1ncnc(Oc2ccccc2)c1N.CC(C)(C)[Si](C)(C)OC/C=C/c1cc2ncnc(Oc3ccccc3)c2[nH]1. The van der Waals surface area contributed by atoms with Crippen LogP contribution in [0.1, 0.15) is 52.9 Å². The number of hydrogen-bond donors (Lipinski definition) is 2. The van der Waals surface area contributed by atoms with E-state index in [-0.39, 0.29) is 10.1 Å². The second-order valence-electron chi connectivity index (χ2n) is 15.7. The van der Waals surface area contributed by atoms with Crippen LogP contribution in [0, 0.1) is 11.8 Å². The quantitative estimate of drug-likeness (QED) is 0.0997. The smallest absolute Gasteiger partial charge is 0.247 e. The summed E-state index contributed by atoms with van der Waals surface area (Å²) < 4.78 is 23.8. The number of nitrogens with one attached hydrogen (secondary N) is 1. The molecule has 0 saturated heterocycles. The Bertz CT molecular complexity index is 2070. The highest BCUT2D eigenvalue weighted by molar-refractivity contribution is 6.74. The van der Waals surface area contributed by atoms with Crippen LogP contribution in [0.2, 0.25) is 36.3 Å². The average molecular weight is 763 g/mol. The molecule has 10 nitrogen and oxygen atoms in total. The van der Waals surface area contributed by atoms with Crippen molar-refractivity contribution in [2.24, 2.45) is 0 Å². The summed E-state index contributed by atoms with van der Waals surface area (Å²) >= 11 is 0. The van der Waals surface area contributed by atoms with E-state index in [1.54, 1.807) is 6.08 Å². The number of anilines is 1. The molecule has 5 aromatic rings. The predicted octanol–water partition coefficient (Wildman–Crippen LogP) is 10.6. The monoisotopic (exact) mass is 762 g/mol. The highest BCUT2D eigenvalue weighted by Crippen LogP contribution is 2.37. The first-order chi connectivity index (χ1) is 25.5. The summed E-state index contributed by atoms with van der Waals surface area (Å²) in [7, 11) is -3.47. The summed E-state index contributed by atoms with van der Waals surface area (Å²) in [4.78, 5) is 20.1. The van der Waals surface area contributed by atoms with Gasteiger partial charge in [0.1, 0.15) is 41.1 Å². The van der Waals surface area contributed by atoms with Crippen LogP contribution >= 0.6 is 0 Å². The first kappa shape index (κ1) is 41.7. The maximum atomic E-state index is 6.18. The van der Waals surface area contributed by atoms with Gasteiger partial charge in [-0.3, -0.25) is 0 Å². The zero-order valence-electron chi connectivity index (χ0n) is 33.2. The van der Waals surface area contributed by atoms with Gasteiger partial charge in [-0.15, -0.1) is 0 Å². The van der Waals surface area contributed by atoms with Crippen molar-refractivity contribution in [2.75, 3.05) is 18.9 Å². The van der Waals surface area contributed by atoms with Crippen LogP contribution in [-0.4, -0.2) is 54.8 Å². The van der Waals surface area contributed by atoms with Crippen LogP contribution in [0.3, 0.4) is 0 Å². The van der Waals surface area contributed by atoms with Crippen LogP contribution in [0.15, 0.2) is 97.6 Å². The van der Waals surface area contributed by atoms with Gasteiger partial charge in [-0.25, -0.2) is 9.97 Å². The molecule has 0 aliphatic rings. The lowest BCUT2D eigenvalue weighted by atomic mass is 10.2. The zero-order valence-corrected chi connectivity index (χ0v) is 35.2. The van der Waals surface area contributed by atoms with Gasteiger partial charge in [0.25, 0.3) is 0 Å². The molecule has 0 saturated carbocycles. The number of para-hydroxylation sites is 2. The zero-order chi connectivity index (χ0) is 39.4. The summed E-state index contributed by atoms with van der Waals surface area (Å²) in [6, 6.07) is 20.9. The molecule has 3 aromatic heterocycles. The van der Waals surface area contributed by atoms with E-state index >= 15 is 0 Å². The molecule has 0 radical (unpaired) electrons. The van der Waals surface area contributed by atoms with Gasteiger partial charge in [-0.1, -0.05) is 96.0 Å². The lowest BCUT2D eigenvalue weighted by molar-refractivity contribution is 0.328. The van der Waals surface area contributed by atoms with Gasteiger partial charge in [-0.2, -0.15) is 9.97 Å². The van der Waals surface area contributed by atoms with Crippen LogP contribution < -0.4 is 15.2 Å². The summed E-state index contributed by atoms with van der Waals surface area (Å²) in [5, 5.41) is 0.401. The standard InChI is InChI=1S/2C21H27N3O2Si/c1-21(2,3)27(4,5)25-13-9-10-16-14-18-19(24-16)20(23-15-22-18)26-17-11-7-6-8-12-17;1-21(2,3)27(4,5)25-15-11-7-10-14-18-19(22)20(24-16-23-18)26-17-12-8-6-9-13-17/h6-12,14-15,24H,13H2,1-5H3;6-9,11-13,16H,15,22H2,1-5H3/b10-9+;11-7+. The molecule has 0 bridgehead atoms. The van der Waals surface area contributed by atoms with Crippen LogP contribution in [0.4, 0.5) is 5.69 Å². The van der Waals surface area contributed by atoms with E-state index in [0.717, 1.165) is 22.5 Å². The Balaban J connectivity index is 0.000000241. The molecule has 2 aromatic carbocycles. The number of allylic oxidation sites excluding steroid dienone is 1. The van der Waals surface area contributed by atoms with E-state index in [2.05, 4.69) is 104 Å². The molecule has 0 atom stereocenters. The number of fused-ring (bicyclic) bond motifs is 1. The Hall–Kier alpha value is -5.07. The first-order valence-electron chi connectivity index (χ1n) is 18.0. The minimum absolute atomic E-state index is 0.192. The Morgan fingerprint density at radius 3 is 1.80 bits per heavy atom. The molecule has 0 spiro atoms. The van der Waals surface area contributed by atoms with Crippen molar-refractivity contribution in [3.63, 3.8) is 0 Å². The summed E-state index contributed by atoms with van der Waals surface area (Å²) in [5.74, 6) is 8.08. The molecule has 54 heavy (non-hydrogen) atoms. The third-order valence-corrected chi connectivity index (χ3v) is 18.5. The van der Waals surface area contributed by atoms with Crippen molar-refractivity contribution >= 4 is 39.4 Å². The number of nitrogen functional groups attached to an aromatic ring is 1. The number of aromatic nitrogens is 5. The van der Waals surface area contributed by atoms with Crippen molar-refractivity contribution < 1.29 is 18.3 Å². The fourth-order valence-electron chi connectivity index (χ4n) is 4.20. The highest BCUT2D eigenvalue weighted by Gasteiger charge is 2.37. The summed E-state index contributed by atoms with van der Waals surface area (Å²) in [6.45, 7) is 23.5. The molecule has 0 aliphatic heterocycles. The maximum Gasteiger partial charge on any atom is 0.247 e. The number of rotatable bonds is 11. The summed E-state index contributed by atoms with van der Waals surface area (Å²) in [6.07, 6.45) is 10.6. The van der Waals surface area contributed by atoms with E-state index in [9.17, 15) is 0 Å². The number of aromatic amines is 1. The molecule has 0 amide bonds. The number of ether oxygens (including phenoxy) is 2. The third-order valence-electron chi connectivity index (χ3n) is 9.55. The molecule has 284 valence electrons. The maximum absolute atomic E-state index is 6.18. The van der Waals surface area contributed by atoms with Crippen LogP contribution in [-0.2, 0) is 8.85 Å². The Labute approximate surface area is 322 Å². The first-order valence-corrected chi connectivity index (χ1v) is 23.8. The van der Waals surface area contributed by atoms with Gasteiger partial charge in [0.2, 0.25) is 11.8 Å². The summed E-state index contributed by atoms with van der Waals surface area (Å²) in [5.41, 5.74) is 9.39. The fraction of sp³-hybridized carbons (Fsp3) is 0.333. The van der Waals surface area contributed by atoms with E-state index < -0.39 is 16.6 Å². The molecule has 0 fully saturated rings. The van der Waals surface area contributed by atoms with Gasteiger partial charge < -0.3 is 29.0 Å². The van der Waals surface area contributed by atoms with Gasteiger partial charge in [-0.05, 0) is 84.7 Å². The van der Waals surface area contributed by atoms with E-state index in [4.69, 9.17) is 24.1 Å². The molecule has 3 heterocycles. The molecular formula is C42H54N6O4Si2. The second kappa shape index (κ2) is 18.3. The molecular weight excluding hydrogens is 709 g/mol. The molecule has 12 heteroatoms. The molecule has 3 N–H and O–H groups in total. The number of hydrogen-bond acceptors (Lipinski definition) is 9. The third kappa shape index (κ3) is 12.0. The Morgan fingerprint density at radius 1 is 0.704 bits per heavy atom. The van der Waals surface area contributed by atoms with Gasteiger partial charge >= 0.3 is 0 Å². The second-order valence-corrected chi connectivity index (χ2v) is 25.3. The van der Waals surface area contributed by atoms with E-state index in [1.807, 2.05) is 85.0 Å². The number of nitrogens with zero attached hydrogens (tertiary/aromatic N) is 4. The van der Waals surface area contributed by atoms with Crippen LogP contribution in [0.5, 0.6) is 23.3 Å². The van der Waals surface area contributed by atoms with E-state index in [0.29, 0.717) is 42.1 Å². The Morgan fingerprint density at radius 2 is 1.22 bits per heavy atom. The normalized spacial score (nSPS) is 12.3. The van der Waals surface area contributed by atoms with Gasteiger partial charge in [0.15, 0.2) is 16.6 Å². The number of benzene rings is 2. The van der Waals surface area contributed by atoms with Crippen molar-refractivity contribution in [2.45, 2.75) is 77.8 Å². The van der Waals surface area contributed by atoms with Crippen molar-refractivity contribution in [1.29, 1.82) is 0 Å². The largest absolute Gasteiger partial charge is 0.437 e. The number of nitrogens with two attached hydrogens (primary N) is 1. The topological polar surface area (TPSA) is 130 Å². The van der Waals surface area contributed by atoms with Crippen molar-refractivity contribution in [3.05, 3.63) is 109 Å². The average Bonchev–Trinajstić information content (AvgIpc) is 3.54. The fourth-order valence-corrected chi connectivity index (χ4v) is 6.09. The van der Waals surface area contributed by atoms with Crippen LogP contribution in [0.25, 0.3) is 17.1 Å². The molecule has 0 aliphatic carbocycles. The molecule has 0 unspecified atom stereocenters. The van der Waals surface area contributed by atoms with E-state index in [1.165, 1.54) is 12.7 Å². The minimum atomic E-state index is -1.74. The lowest BCUT2D eigenvalue weighted by Gasteiger charge is -2.35. The van der Waals surface area contributed by atoms with Crippen molar-refractivity contribution in [1.82, 2.24) is 24.9 Å². The Kier molecular flexibility index (Phi) is 14.1. The minimum Gasteiger partial charge on any atom is -0.437 e. The van der Waals surface area contributed by atoms with Crippen molar-refractivity contribution in [3.8, 4) is 35.1 Å². The predicted molar refractivity (Wildman–Crippen MR) is 225 cm³/mol. The number of H-pyrrole nitrogens is 1. The lowest BCUT2D eigenvalue weighted by Crippen LogP contribution is -2.40. The van der Waals surface area contributed by atoms with Gasteiger partial charge in [0, 0.05) is 5.69 Å².